The predicted octanol–water partition coefficient (Wildman–Crippen LogP) is 5.88. The molecule has 1 aliphatic carbocycles. The van der Waals surface area contributed by atoms with Crippen molar-refractivity contribution in [1.82, 2.24) is 14.1 Å². The van der Waals surface area contributed by atoms with Crippen molar-refractivity contribution in [1.29, 1.82) is 0 Å². The van der Waals surface area contributed by atoms with E-state index in [0.717, 1.165) is 51.1 Å². The zero-order valence-electron chi connectivity index (χ0n) is 19.1. The minimum atomic E-state index is -0.0454. The van der Waals surface area contributed by atoms with E-state index in [4.69, 9.17) is 4.98 Å². The average molecular weight is 424 g/mol. The first-order valence-corrected chi connectivity index (χ1v) is 10.9. The topological polar surface area (TPSA) is 43.0 Å². The van der Waals surface area contributed by atoms with E-state index in [1.54, 1.807) is 0 Å². The first-order chi connectivity index (χ1) is 15.5. The third kappa shape index (κ3) is 4.23. The molecule has 0 spiro atoms. The molecule has 1 N–H and O–H groups in total. The monoisotopic (exact) mass is 423 g/mol. The van der Waals surface area contributed by atoms with Crippen molar-refractivity contribution in [2.75, 3.05) is 6.61 Å². The summed E-state index contributed by atoms with van der Waals surface area (Å²) in [7, 11) is 0. The third-order valence-corrected chi connectivity index (χ3v) is 5.71. The highest BCUT2D eigenvalue weighted by atomic mass is 16.2. The molecule has 3 aromatic rings. The Bertz CT molecular complexity index is 1190. The molecule has 4 rings (SSSR count). The van der Waals surface area contributed by atoms with Crippen molar-refractivity contribution in [3.63, 3.8) is 0 Å². The highest BCUT2D eigenvalue weighted by Gasteiger charge is 2.15. The molecule has 32 heavy (non-hydrogen) atoms. The molecule has 0 atom stereocenters. The van der Waals surface area contributed by atoms with E-state index < -0.39 is 0 Å². The van der Waals surface area contributed by atoms with Crippen LogP contribution in [0.3, 0.4) is 0 Å². The smallest absolute Gasteiger partial charge is 0.140 e. The molecule has 0 aliphatic heterocycles. The van der Waals surface area contributed by atoms with Crippen LogP contribution in [0.1, 0.15) is 28.3 Å². The van der Waals surface area contributed by atoms with Crippen LogP contribution in [0.25, 0.3) is 17.2 Å². The van der Waals surface area contributed by atoms with Crippen LogP contribution >= 0.6 is 0 Å². The Balaban J connectivity index is 1.97. The Hall–Kier alpha value is -3.63. The summed E-state index contributed by atoms with van der Waals surface area (Å²) < 4.78 is 4.34. The van der Waals surface area contributed by atoms with Gasteiger partial charge in [0.2, 0.25) is 0 Å². The van der Waals surface area contributed by atoms with Crippen LogP contribution in [0, 0.1) is 27.7 Å². The van der Waals surface area contributed by atoms with Crippen molar-refractivity contribution in [3.8, 4) is 11.6 Å². The van der Waals surface area contributed by atoms with Crippen LogP contribution in [0.2, 0.25) is 0 Å². The summed E-state index contributed by atoms with van der Waals surface area (Å²) in [6.45, 7) is 8.32. The summed E-state index contributed by atoms with van der Waals surface area (Å²) in [6.07, 6.45) is 16.0. The SMILES string of the molecule is Cc1ccc(C)n1-c1cc(C(=C\CO)/C2=C/C=C\C=C/C=C\2)cc(-n2c(C)ccc2C)n1. The lowest BCUT2D eigenvalue weighted by Crippen LogP contribution is -2.09. The van der Waals surface area contributed by atoms with Crippen molar-refractivity contribution in [2.24, 2.45) is 0 Å². The predicted molar refractivity (Wildman–Crippen MR) is 132 cm³/mol. The molecule has 0 aromatic carbocycles. The quantitative estimate of drug-likeness (QED) is 0.557. The van der Waals surface area contributed by atoms with Crippen LogP contribution in [0.5, 0.6) is 0 Å². The van der Waals surface area contributed by atoms with Crippen LogP contribution in [0.4, 0.5) is 0 Å². The van der Waals surface area contributed by atoms with Gasteiger partial charge in [0.15, 0.2) is 0 Å². The van der Waals surface area contributed by atoms with Crippen LogP contribution < -0.4 is 0 Å². The van der Waals surface area contributed by atoms with E-state index in [0.29, 0.717) is 0 Å². The number of nitrogens with zero attached hydrogens (tertiary/aromatic N) is 3. The van der Waals surface area contributed by atoms with Crippen molar-refractivity contribution in [2.45, 2.75) is 27.7 Å². The van der Waals surface area contributed by atoms with Gasteiger partial charge in [-0.05, 0) is 80.8 Å². The van der Waals surface area contributed by atoms with Crippen LogP contribution in [0.15, 0.2) is 90.6 Å². The Morgan fingerprint density at radius 3 is 1.81 bits per heavy atom. The maximum Gasteiger partial charge on any atom is 0.140 e. The molecule has 0 saturated carbocycles. The highest BCUT2D eigenvalue weighted by Crippen LogP contribution is 2.30. The van der Waals surface area contributed by atoms with Gasteiger partial charge in [0.25, 0.3) is 0 Å². The molecule has 0 saturated heterocycles. The molecule has 162 valence electrons. The van der Waals surface area contributed by atoms with Gasteiger partial charge in [-0.1, -0.05) is 48.6 Å². The largest absolute Gasteiger partial charge is 0.392 e. The molecule has 0 fully saturated rings. The second kappa shape index (κ2) is 9.25. The van der Waals surface area contributed by atoms with E-state index in [1.807, 2.05) is 36.5 Å². The summed E-state index contributed by atoms with van der Waals surface area (Å²) in [5, 5.41) is 9.85. The summed E-state index contributed by atoms with van der Waals surface area (Å²) in [5.74, 6) is 1.72. The number of hydrogen-bond acceptors (Lipinski definition) is 2. The Kier molecular flexibility index (Phi) is 6.24. The molecule has 0 bridgehead atoms. The number of hydrogen-bond donors (Lipinski definition) is 1. The Labute approximate surface area is 189 Å². The van der Waals surface area contributed by atoms with Gasteiger partial charge < -0.3 is 14.2 Å². The molecule has 1 aliphatic rings. The first-order valence-electron chi connectivity index (χ1n) is 10.9. The summed E-state index contributed by atoms with van der Waals surface area (Å²) in [4.78, 5) is 5.06. The molecule has 0 radical (unpaired) electrons. The van der Waals surface area contributed by atoms with Gasteiger partial charge >= 0.3 is 0 Å². The molecular formula is C28H29N3O. The molecule has 0 amide bonds. The van der Waals surface area contributed by atoms with Crippen LogP contribution in [-0.2, 0) is 0 Å². The molecular weight excluding hydrogens is 394 g/mol. The number of aliphatic hydroxyl groups is 1. The van der Waals surface area contributed by atoms with E-state index in [9.17, 15) is 5.11 Å². The molecule has 0 unspecified atom stereocenters. The Morgan fingerprint density at radius 2 is 1.28 bits per heavy atom. The average Bonchev–Trinajstić information content (AvgIpc) is 3.26. The minimum Gasteiger partial charge on any atom is -0.392 e. The normalized spacial score (nSPS) is 18.5. The van der Waals surface area contributed by atoms with E-state index >= 15 is 0 Å². The van der Waals surface area contributed by atoms with Gasteiger partial charge in [-0.25, -0.2) is 4.98 Å². The fourth-order valence-corrected chi connectivity index (χ4v) is 4.19. The number of allylic oxidation sites excluding steroid dienone is 9. The number of aryl methyl sites for hydroxylation is 4. The lowest BCUT2D eigenvalue weighted by atomic mass is 9.96. The standard InChI is InChI=1S/C28H29N3O/c1-20-12-13-21(2)30(20)27-18-25(19-28(29-27)31-22(3)14-15-23(31)4)26(16-17-32)24-10-8-6-5-7-9-11-24/h5-16,18-19,32H,17H2,1-4H3/b6-5-,7-5?,8-6?,9-7-,10-8-,11-9?,24-10?,24-11+,26-16-. The number of rotatable bonds is 5. The number of aliphatic hydroxyl groups excluding tert-OH is 1. The van der Waals surface area contributed by atoms with E-state index in [2.05, 4.69) is 85.4 Å². The van der Waals surface area contributed by atoms with Crippen molar-refractivity contribution >= 4 is 5.57 Å². The fourth-order valence-electron chi connectivity index (χ4n) is 4.19. The second-order valence-corrected chi connectivity index (χ2v) is 8.03. The zero-order chi connectivity index (χ0) is 22.7. The van der Waals surface area contributed by atoms with E-state index in [1.165, 1.54) is 0 Å². The van der Waals surface area contributed by atoms with Gasteiger partial charge in [0.1, 0.15) is 11.6 Å². The summed E-state index contributed by atoms with van der Waals surface area (Å²) >= 11 is 0. The highest BCUT2D eigenvalue weighted by molar-refractivity contribution is 5.83. The minimum absolute atomic E-state index is 0.0454. The first kappa shape index (κ1) is 21.6. The van der Waals surface area contributed by atoms with Crippen LogP contribution in [-0.4, -0.2) is 25.8 Å². The van der Waals surface area contributed by atoms with Gasteiger partial charge in [0.05, 0.1) is 6.61 Å². The lowest BCUT2D eigenvalue weighted by Gasteiger charge is -2.17. The van der Waals surface area contributed by atoms with Gasteiger partial charge in [-0.15, -0.1) is 0 Å². The van der Waals surface area contributed by atoms with Gasteiger partial charge in [-0.2, -0.15) is 0 Å². The lowest BCUT2D eigenvalue weighted by molar-refractivity contribution is 0.343. The number of aromatic nitrogens is 3. The van der Waals surface area contributed by atoms with Crippen molar-refractivity contribution in [3.05, 3.63) is 119 Å². The summed E-state index contributed by atoms with van der Waals surface area (Å²) in [5.41, 5.74) is 7.53. The molecule has 3 aromatic heterocycles. The third-order valence-electron chi connectivity index (χ3n) is 5.71. The van der Waals surface area contributed by atoms with Gasteiger partial charge in [-0.3, -0.25) is 0 Å². The molecule has 4 nitrogen and oxygen atoms in total. The Morgan fingerprint density at radius 1 is 0.781 bits per heavy atom. The summed E-state index contributed by atoms with van der Waals surface area (Å²) in [6, 6.07) is 12.6. The van der Waals surface area contributed by atoms with E-state index in [-0.39, 0.29) is 6.61 Å². The van der Waals surface area contributed by atoms with Gasteiger partial charge in [0, 0.05) is 22.8 Å². The van der Waals surface area contributed by atoms with Crippen molar-refractivity contribution < 1.29 is 5.11 Å². The molecule has 3 heterocycles. The molecule has 4 heteroatoms. The zero-order valence-corrected chi connectivity index (χ0v) is 19.1. The maximum absolute atomic E-state index is 9.85. The fraction of sp³-hybridized carbons (Fsp3) is 0.179. The number of pyridine rings is 1. The second-order valence-electron chi connectivity index (χ2n) is 8.03. The maximum atomic E-state index is 9.85.